The monoisotopic (exact) mass is 337 g/mol. The van der Waals surface area contributed by atoms with E-state index in [1.165, 1.54) is 12.1 Å². The molecule has 5 nitrogen and oxygen atoms in total. The van der Waals surface area contributed by atoms with E-state index in [4.69, 9.17) is 5.73 Å². The van der Waals surface area contributed by atoms with Crippen LogP contribution >= 0.6 is 0 Å². The van der Waals surface area contributed by atoms with Gasteiger partial charge >= 0.3 is 0 Å². The molecule has 0 fully saturated rings. The van der Waals surface area contributed by atoms with Gasteiger partial charge in [-0.15, -0.1) is 0 Å². The Balaban J connectivity index is 2.05. The molecular weight excluding hydrogens is 321 g/mol. The SMILES string of the molecule is Cc1ccc2nc(C)cc(C(=O)Nc3cc(C(N)=O)ccc3F)c2c1. The van der Waals surface area contributed by atoms with Gasteiger partial charge in [-0.05, 0) is 50.2 Å². The lowest BCUT2D eigenvalue weighted by molar-refractivity contribution is 0.0996. The third-order valence-electron chi connectivity index (χ3n) is 3.84. The van der Waals surface area contributed by atoms with E-state index in [9.17, 15) is 14.0 Å². The maximum absolute atomic E-state index is 14.0. The van der Waals surface area contributed by atoms with Gasteiger partial charge in [-0.25, -0.2) is 4.39 Å². The first-order chi connectivity index (χ1) is 11.8. The number of rotatable bonds is 3. The van der Waals surface area contributed by atoms with Gasteiger partial charge in [0.25, 0.3) is 5.91 Å². The number of aromatic nitrogens is 1. The van der Waals surface area contributed by atoms with Gasteiger partial charge in [0, 0.05) is 16.6 Å². The molecule has 0 radical (unpaired) electrons. The first-order valence-electron chi connectivity index (χ1n) is 7.64. The van der Waals surface area contributed by atoms with Gasteiger partial charge in [0.1, 0.15) is 5.82 Å². The van der Waals surface area contributed by atoms with E-state index < -0.39 is 17.6 Å². The highest BCUT2D eigenvalue weighted by molar-refractivity contribution is 6.12. The summed E-state index contributed by atoms with van der Waals surface area (Å²) in [6, 6.07) is 10.8. The summed E-state index contributed by atoms with van der Waals surface area (Å²) < 4.78 is 14.0. The maximum atomic E-state index is 14.0. The van der Waals surface area contributed by atoms with Crippen molar-refractivity contribution < 1.29 is 14.0 Å². The lowest BCUT2D eigenvalue weighted by atomic mass is 10.0. The van der Waals surface area contributed by atoms with Crippen LogP contribution in [0.15, 0.2) is 42.5 Å². The minimum Gasteiger partial charge on any atom is -0.366 e. The Morgan fingerprint density at radius 1 is 1.08 bits per heavy atom. The molecule has 0 saturated heterocycles. The summed E-state index contributed by atoms with van der Waals surface area (Å²) >= 11 is 0. The Kier molecular flexibility index (Phi) is 4.19. The van der Waals surface area contributed by atoms with Crippen LogP contribution in [0.25, 0.3) is 10.9 Å². The molecule has 3 N–H and O–H groups in total. The molecule has 0 aliphatic carbocycles. The van der Waals surface area contributed by atoms with E-state index in [2.05, 4.69) is 10.3 Å². The van der Waals surface area contributed by atoms with Crippen molar-refractivity contribution in [3.8, 4) is 0 Å². The molecule has 0 saturated carbocycles. The first-order valence-corrected chi connectivity index (χ1v) is 7.64. The highest BCUT2D eigenvalue weighted by Gasteiger charge is 2.15. The fourth-order valence-electron chi connectivity index (χ4n) is 2.62. The fourth-order valence-corrected chi connectivity index (χ4v) is 2.62. The highest BCUT2D eigenvalue weighted by atomic mass is 19.1. The van der Waals surface area contributed by atoms with Crippen LogP contribution in [-0.4, -0.2) is 16.8 Å². The summed E-state index contributed by atoms with van der Waals surface area (Å²) in [5, 5.41) is 3.19. The van der Waals surface area contributed by atoms with Gasteiger partial charge in [-0.3, -0.25) is 14.6 Å². The maximum Gasteiger partial charge on any atom is 0.256 e. The van der Waals surface area contributed by atoms with Crippen molar-refractivity contribution in [2.24, 2.45) is 5.73 Å². The lowest BCUT2D eigenvalue weighted by Crippen LogP contribution is -2.16. The van der Waals surface area contributed by atoms with E-state index in [-0.39, 0.29) is 11.3 Å². The van der Waals surface area contributed by atoms with Crippen molar-refractivity contribution in [1.29, 1.82) is 0 Å². The largest absolute Gasteiger partial charge is 0.366 e. The quantitative estimate of drug-likeness (QED) is 0.768. The predicted octanol–water partition coefficient (Wildman–Crippen LogP) is 3.34. The summed E-state index contributed by atoms with van der Waals surface area (Å²) in [5.74, 6) is -1.83. The normalized spacial score (nSPS) is 10.7. The van der Waals surface area contributed by atoms with E-state index in [0.717, 1.165) is 11.6 Å². The zero-order valence-electron chi connectivity index (χ0n) is 13.8. The van der Waals surface area contributed by atoms with Gasteiger partial charge in [0.05, 0.1) is 16.8 Å². The van der Waals surface area contributed by atoms with Crippen LogP contribution in [0.5, 0.6) is 0 Å². The fraction of sp³-hybridized carbons (Fsp3) is 0.105. The van der Waals surface area contributed by atoms with Gasteiger partial charge in [-0.1, -0.05) is 11.6 Å². The number of nitrogens with two attached hydrogens (primary N) is 1. The Morgan fingerprint density at radius 3 is 2.56 bits per heavy atom. The molecule has 1 aromatic heterocycles. The second kappa shape index (κ2) is 6.32. The number of halogens is 1. The number of hydrogen-bond acceptors (Lipinski definition) is 3. The zero-order chi connectivity index (χ0) is 18.1. The zero-order valence-corrected chi connectivity index (χ0v) is 13.8. The number of fused-ring (bicyclic) bond motifs is 1. The molecule has 0 aliphatic heterocycles. The minimum absolute atomic E-state index is 0.100. The number of hydrogen-bond donors (Lipinski definition) is 2. The number of nitrogens with zero attached hydrogens (tertiary/aromatic N) is 1. The number of nitrogens with one attached hydrogen (secondary N) is 1. The lowest BCUT2D eigenvalue weighted by Gasteiger charge is -2.11. The third-order valence-corrected chi connectivity index (χ3v) is 3.84. The average Bonchev–Trinajstić information content (AvgIpc) is 2.56. The minimum atomic E-state index is -0.698. The van der Waals surface area contributed by atoms with Crippen LogP contribution in [0, 0.1) is 19.7 Å². The number of benzene rings is 2. The van der Waals surface area contributed by atoms with Crippen molar-refractivity contribution in [2.45, 2.75) is 13.8 Å². The van der Waals surface area contributed by atoms with E-state index in [1.807, 2.05) is 25.1 Å². The predicted molar refractivity (Wildman–Crippen MR) is 94.1 cm³/mol. The second-order valence-corrected chi connectivity index (χ2v) is 5.84. The Bertz CT molecular complexity index is 1010. The van der Waals surface area contributed by atoms with Gasteiger partial charge in [0.15, 0.2) is 0 Å². The molecule has 0 atom stereocenters. The van der Waals surface area contributed by atoms with Crippen LogP contribution in [-0.2, 0) is 0 Å². The van der Waals surface area contributed by atoms with Crippen LogP contribution < -0.4 is 11.1 Å². The molecule has 0 aliphatic rings. The molecule has 3 rings (SSSR count). The Morgan fingerprint density at radius 2 is 1.84 bits per heavy atom. The molecule has 0 spiro atoms. The molecule has 1 heterocycles. The standard InChI is InChI=1S/C19H16FN3O2/c1-10-3-6-16-13(7-10)14(8-11(2)22-16)19(25)23-17-9-12(18(21)24)4-5-15(17)20/h3-9H,1-2H3,(H2,21,24)(H,23,25). The number of anilines is 1. The van der Waals surface area contributed by atoms with E-state index in [1.54, 1.807) is 13.0 Å². The van der Waals surface area contributed by atoms with E-state index >= 15 is 0 Å². The van der Waals surface area contributed by atoms with Crippen molar-refractivity contribution >= 4 is 28.4 Å². The summed E-state index contributed by atoms with van der Waals surface area (Å²) in [6.45, 7) is 3.70. The molecule has 3 aromatic rings. The Labute approximate surface area is 143 Å². The number of carbonyl (C=O) groups excluding carboxylic acids is 2. The average molecular weight is 337 g/mol. The molecule has 25 heavy (non-hydrogen) atoms. The second-order valence-electron chi connectivity index (χ2n) is 5.84. The van der Waals surface area contributed by atoms with Crippen LogP contribution in [0.3, 0.4) is 0 Å². The molecule has 0 unspecified atom stereocenters. The summed E-state index contributed by atoms with van der Waals surface area (Å²) in [5.41, 5.74) is 7.94. The number of primary amides is 1. The molecule has 6 heteroatoms. The molecule has 2 amide bonds. The van der Waals surface area contributed by atoms with Gasteiger partial charge < -0.3 is 11.1 Å². The van der Waals surface area contributed by atoms with Crippen molar-refractivity contribution in [3.63, 3.8) is 0 Å². The van der Waals surface area contributed by atoms with Gasteiger partial charge in [-0.2, -0.15) is 0 Å². The van der Waals surface area contributed by atoms with Gasteiger partial charge in [0.2, 0.25) is 5.91 Å². The number of pyridine rings is 1. The summed E-state index contributed by atoms with van der Waals surface area (Å²) in [4.78, 5) is 28.4. The third kappa shape index (κ3) is 3.33. The number of amides is 2. The topological polar surface area (TPSA) is 85.1 Å². The highest BCUT2D eigenvalue weighted by Crippen LogP contribution is 2.23. The smallest absolute Gasteiger partial charge is 0.256 e. The number of carbonyl (C=O) groups is 2. The molecule has 126 valence electrons. The van der Waals surface area contributed by atoms with Crippen LogP contribution in [0.2, 0.25) is 0 Å². The summed E-state index contributed by atoms with van der Waals surface area (Å²) in [7, 11) is 0. The van der Waals surface area contributed by atoms with Crippen molar-refractivity contribution in [1.82, 2.24) is 4.98 Å². The molecule has 0 bridgehead atoms. The summed E-state index contributed by atoms with van der Waals surface area (Å²) in [6.07, 6.45) is 0. The van der Waals surface area contributed by atoms with Crippen molar-refractivity contribution in [3.05, 3.63) is 70.7 Å². The van der Waals surface area contributed by atoms with Crippen LogP contribution in [0.1, 0.15) is 32.0 Å². The first kappa shape index (κ1) is 16.6. The molecular formula is C19H16FN3O2. The Hall–Kier alpha value is -3.28. The van der Waals surface area contributed by atoms with E-state index in [0.29, 0.717) is 22.2 Å². The molecule has 2 aromatic carbocycles. The van der Waals surface area contributed by atoms with Crippen LogP contribution in [0.4, 0.5) is 10.1 Å². The van der Waals surface area contributed by atoms with Crippen molar-refractivity contribution in [2.75, 3.05) is 5.32 Å². The number of aryl methyl sites for hydroxylation is 2.